The van der Waals surface area contributed by atoms with Gasteiger partial charge >= 0.3 is 0 Å². The molecule has 3 aliphatic rings. The van der Waals surface area contributed by atoms with E-state index in [0.717, 1.165) is 44.2 Å². The van der Waals surface area contributed by atoms with Gasteiger partial charge in [-0.05, 0) is 56.3 Å². The van der Waals surface area contributed by atoms with E-state index in [4.69, 9.17) is 9.47 Å². The zero-order valence-electron chi connectivity index (χ0n) is 25.3. The van der Waals surface area contributed by atoms with Crippen LogP contribution in [0.2, 0.25) is 0 Å². The second kappa shape index (κ2) is 13.3. The maximum Gasteiger partial charge on any atom is 0.251 e. The number of carbonyl (C=O) groups excluding carboxylic acids is 1. The van der Waals surface area contributed by atoms with Crippen LogP contribution in [0.4, 0.5) is 21.7 Å². The van der Waals surface area contributed by atoms with Gasteiger partial charge in [-0.15, -0.1) is 0 Å². The summed E-state index contributed by atoms with van der Waals surface area (Å²) in [7, 11) is 0. The first-order chi connectivity index (χ1) is 21.8. The van der Waals surface area contributed by atoms with Crippen LogP contribution in [-0.2, 0) is 9.53 Å². The molecule has 236 valence electrons. The average molecular weight is 617 g/mol. The van der Waals surface area contributed by atoms with Crippen molar-refractivity contribution < 1.29 is 23.8 Å². The highest BCUT2D eigenvalue weighted by molar-refractivity contribution is 5.80. The van der Waals surface area contributed by atoms with Crippen molar-refractivity contribution in [1.82, 2.24) is 24.8 Å². The lowest BCUT2D eigenvalue weighted by atomic mass is 10.0. The van der Waals surface area contributed by atoms with Gasteiger partial charge < -0.3 is 29.7 Å². The Balaban J connectivity index is 1.08. The van der Waals surface area contributed by atoms with Crippen LogP contribution in [0.3, 0.4) is 0 Å². The monoisotopic (exact) mass is 616 g/mol. The Morgan fingerprint density at radius 3 is 2.62 bits per heavy atom. The predicted octanol–water partition coefficient (Wildman–Crippen LogP) is 2.76. The molecule has 12 nitrogen and oxygen atoms in total. The molecule has 3 aliphatic heterocycles. The Morgan fingerprint density at radius 2 is 1.96 bits per heavy atom. The number of amides is 1. The van der Waals surface area contributed by atoms with Crippen molar-refractivity contribution in [3.63, 3.8) is 0 Å². The molecule has 2 aromatic carbocycles. The van der Waals surface area contributed by atoms with Crippen LogP contribution in [0.1, 0.15) is 25.8 Å². The van der Waals surface area contributed by atoms with E-state index < -0.39 is 24.3 Å². The summed E-state index contributed by atoms with van der Waals surface area (Å²) in [5.74, 6) is 0.449. The number of halogens is 1. The standard InChI is InChI=1S/C32H37FN8O4/c1-20-15-39(11-12-41(20)26-17-44-18-26)25-6-4-24(5-7-25)37-32-36-19-35-30(38-32)22-3-8-28(23(13-22)14-34)45-29-9-10-40(16-27(29)33)31(43)21(2)42/h3-8,13,19-21,26-27,29,42H,9-12,15-18H2,1-2H3,(H,35,36,37,38)/t20-,21-,27-,29-/m0/s1. The Bertz CT molecular complexity index is 1550. The van der Waals surface area contributed by atoms with Gasteiger partial charge in [0.25, 0.3) is 5.91 Å². The fourth-order valence-corrected chi connectivity index (χ4v) is 6.05. The molecule has 0 aliphatic carbocycles. The van der Waals surface area contributed by atoms with E-state index in [2.05, 4.69) is 55.2 Å². The first-order valence-corrected chi connectivity index (χ1v) is 15.3. The Labute approximate surface area is 261 Å². The largest absolute Gasteiger partial charge is 0.486 e. The molecule has 0 saturated carbocycles. The number of hydrogen-bond donors (Lipinski definition) is 2. The normalized spacial score (nSPS) is 23.1. The lowest BCUT2D eigenvalue weighted by Gasteiger charge is -2.47. The molecule has 3 aromatic rings. The topological polar surface area (TPSA) is 140 Å². The molecule has 3 fully saturated rings. The third-order valence-corrected chi connectivity index (χ3v) is 8.62. The van der Waals surface area contributed by atoms with Crippen molar-refractivity contribution in [2.45, 2.75) is 50.7 Å². The molecule has 1 aromatic heterocycles. The number of aliphatic hydroxyl groups excluding tert-OH is 1. The van der Waals surface area contributed by atoms with Gasteiger partial charge in [0.15, 0.2) is 12.0 Å². The molecule has 6 rings (SSSR count). The van der Waals surface area contributed by atoms with Gasteiger partial charge in [-0.2, -0.15) is 10.2 Å². The molecule has 45 heavy (non-hydrogen) atoms. The maximum atomic E-state index is 14.9. The van der Waals surface area contributed by atoms with Crippen molar-refractivity contribution in [3.8, 4) is 23.2 Å². The fraction of sp³-hybridized carbons (Fsp3) is 0.469. The number of likely N-dealkylation sites (tertiary alicyclic amines) is 1. The number of alkyl halides is 1. The summed E-state index contributed by atoms with van der Waals surface area (Å²) in [6.07, 6.45) is -1.83. The lowest BCUT2D eigenvalue weighted by Crippen LogP contribution is -2.60. The number of aromatic nitrogens is 3. The quantitative estimate of drug-likeness (QED) is 0.386. The summed E-state index contributed by atoms with van der Waals surface area (Å²) >= 11 is 0. The van der Waals surface area contributed by atoms with E-state index in [9.17, 15) is 19.6 Å². The highest BCUT2D eigenvalue weighted by Gasteiger charge is 2.35. The summed E-state index contributed by atoms with van der Waals surface area (Å²) in [6.45, 7) is 8.33. The van der Waals surface area contributed by atoms with Gasteiger partial charge in [0.2, 0.25) is 5.95 Å². The molecule has 0 bridgehead atoms. The number of nitrogens with zero attached hydrogens (tertiary/aromatic N) is 7. The van der Waals surface area contributed by atoms with Crippen molar-refractivity contribution in [3.05, 3.63) is 54.4 Å². The number of hydrogen-bond acceptors (Lipinski definition) is 11. The number of carbonyl (C=O) groups is 1. The minimum Gasteiger partial charge on any atom is -0.486 e. The Morgan fingerprint density at radius 1 is 1.16 bits per heavy atom. The molecule has 1 amide bonds. The van der Waals surface area contributed by atoms with E-state index in [1.807, 2.05) is 12.1 Å². The van der Waals surface area contributed by atoms with Crippen molar-refractivity contribution in [2.75, 3.05) is 56.2 Å². The summed E-state index contributed by atoms with van der Waals surface area (Å²) in [6, 6.07) is 16.2. The summed E-state index contributed by atoms with van der Waals surface area (Å²) in [5.41, 5.74) is 2.79. The van der Waals surface area contributed by atoms with Gasteiger partial charge in [0.05, 0.1) is 31.4 Å². The SMILES string of the molecule is C[C@H](O)C(=O)N1CC[C@H](Oc2ccc(-c3ncnc(Nc4ccc(N5CCN(C6COC6)[C@@H](C)C5)cc4)n3)cc2C#N)[C@@H](F)C1. The van der Waals surface area contributed by atoms with Gasteiger partial charge in [-0.3, -0.25) is 9.69 Å². The molecule has 13 heteroatoms. The number of nitrogens with one attached hydrogen (secondary N) is 1. The molecule has 4 atom stereocenters. The number of nitriles is 1. The van der Waals surface area contributed by atoms with Crippen LogP contribution in [0, 0.1) is 11.3 Å². The highest BCUT2D eigenvalue weighted by atomic mass is 19.1. The maximum absolute atomic E-state index is 14.9. The summed E-state index contributed by atoms with van der Waals surface area (Å²) in [4.78, 5) is 31.4. The molecule has 4 heterocycles. The second-order valence-corrected chi connectivity index (χ2v) is 11.8. The Kier molecular flexibility index (Phi) is 9.07. The van der Waals surface area contributed by atoms with E-state index >= 15 is 0 Å². The lowest BCUT2D eigenvalue weighted by molar-refractivity contribution is -0.143. The third-order valence-electron chi connectivity index (χ3n) is 8.62. The minimum atomic E-state index is -1.46. The third kappa shape index (κ3) is 6.83. The molecule has 2 N–H and O–H groups in total. The van der Waals surface area contributed by atoms with Crippen LogP contribution < -0.4 is 15.0 Å². The number of piperidine rings is 1. The zero-order valence-corrected chi connectivity index (χ0v) is 25.3. The van der Waals surface area contributed by atoms with Gasteiger partial charge in [-0.25, -0.2) is 14.4 Å². The fourth-order valence-electron chi connectivity index (χ4n) is 6.05. The number of piperazine rings is 1. The van der Waals surface area contributed by atoms with Crippen molar-refractivity contribution in [1.29, 1.82) is 5.26 Å². The number of aliphatic hydroxyl groups is 1. The first-order valence-electron chi connectivity index (χ1n) is 15.3. The van der Waals surface area contributed by atoms with Crippen LogP contribution in [0.25, 0.3) is 11.4 Å². The van der Waals surface area contributed by atoms with Gasteiger partial charge in [-0.1, -0.05) is 0 Å². The smallest absolute Gasteiger partial charge is 0.251 e. The predicted molar refractivity (Wildman–Crippen MR) is 165 cm³/mol. The van der Waals surface area contributed by atoms with E-state index in [1.165, 1.54) is 18.2 Å². The van der Waals surface area contributed by atoms with Crippen LogP contribution in [0.5, 0.6) is 5.75 Å². The molecule has 0 unspecified atom stereocenters. The van der Waals surface area contributed by atoms with Crippen molar-refractivity contribution >= 4 is 23.2 Å². The minimum absolute atomic E-state index is 0.176. The number of rotatable bonds is 8. The average Bonchev–Trinajstić information content (AvgIpc) is 3.02. The van der Waals surface area contributed by atoms with Gasteiger partial charge in [0, 0.05) is 55.6 Å². The van der Waals surface area contributed by atoms with Crippen LogP contribution in [0.15, 0.2) is 48.8 Å². The summed E-state index contributed by atoms with van der Waals surface area (Å²) < 4.78 is 26.1. The van der Waals surface area contributed by atoms with Gasteiger partial charge in [0.1, 0.15) is 30.4 Å². The molecule has 0 radical (unpaired) electrons. The molecular weight excluding hydrogens is 579 g/mol. The van der Waals surface area contributed by atoms with Crippen LogP contribution >= 0.6 is 0 Å². The molecule has 0 spiro atoms. The zero-order chi connectivity index (χ0) is 31.5. The summed E-state index contributed by atoms with van der Waals surface area (Å²) in [5, 5.41) is 22.6. The highest BCUT2D eigenvalue weighted by Crippen LogP contribution is 2.29. The number of benzene rings is 2. The number of anilines is 3. The van der Waals surface area contributed by atoms with E-state index in [1.54, 1.807) is 18.2 Å². The van der Waals surface area contributed by atoms with Crippen LogP contribution in [-0.4, -0.2) is 112 Å². The first kappa shape index (κ1) is 30.6. The van der Waals surface area contributed by atoms with E-state index in [0.29, 0.717) is 29.4 Å². The second-order valence-electron chi connectivity index (χ2n) is 11.8. The Hall–Kier alpha value is -4.38. The van der Waals surface area contributed by atoms with E-state index in [-0.39, 0.29) is 30.8 Å². The van der Waals surface area contributed by atoms with Crippen molar-refractivity contribution in [2.24, 2.45) is 0 Å². The number of ether oxygens (including phenoxy) is 2. The molecular formula is C32H37FN8O4. The molecule has 3 saturated heterocycles.